The average Bonchev–Trinajstić information content (AvgIpc) is 3.75. The van der Waals surface area contributed by atoms with Crippen LogP contribution < -0.4 is 27.8 Å². The third-order valence-electron chi connectivity index (χ3n) is 7.44. The van der Waals surface area contributed by atoms with Gasteiger partial charge in [-0.1, -0.05) is 18.2 Å². The van der Waals surface area contributed by atoms with Gasteiger partial charge >= 0.3 is 5.97 Å². The molecule has 4 unspecified atom stereocenters. The number of carboxylic acid groups (broad SMARTS) is 1. The summed E-state index contributed by atoms with van der Waals surface area (Å²) in [6.07, 6.45) is 6.51. The Morgan fingerprint density at radius 3 is 2.63 bits per heavy atom. The van der Waals surface area contributed by atoms with E-state index in [0.29, 0.717) is 25.0 Å². The van der Waals surface area contributed by atoms with Crippen molar-refractivity contribution in [2.24, 2.45) is 22.2 Å². The van der Waals surface area contributed by atoms with Crippen molar-refractivity contribution >= 4 is 40.6 Å². The number of aliphatic imine (C=N–C) groups is 1. The largest absolute Gasteiger partial charge is 0.480 e. The molecule has 3 heterocycles. The Kier molecular flexibility index (Phi) is 10.3. The van der Waals surface area contributed by atoms with Crippen LogP contribution in [-0.2, 0) is 32.0 Å². The first-order valence-corrected chi connectivity index (χ1v) is 14.1. The molecular formula is C28H38N10O5. The summed E-state index contributed by atoms with van der Waals surface area (Å²) in [5.41, 5.74) is 19.1. The number of carbonyl (C=O) groups is 4. The van der Waals surface area contributed by atoms with Crippen molar-refractivity contribution in [2.75, 3.05) is 13.1 Å². The second-order valence-electron chi connectivity index (χ2n) is 10.6. The summed E-state index contributed by atoms with van der Waals surface area (Å²) in [6, 6.07) is 3.54. The molecule has 1 saturated heterocycles. The minimum atomic E-state index is -1.20. The van der Waals surface area contributed by atoms with Gasteiger partial charge in [-0.15, -0.1) is 0 Å². The quantitative estimate of drug-likeness (QED) is 0.0653. The fourth-order valence-corrected chi connectivity index (χ4v) is 5.26. The van der Waals surface area contributed by atoms with Crippen LogP contribution in [0, 0.1) is 0 Å². The maximum Gasteiger partial charge on any atom is 0.326 e. The zero-order valence-electron chi connectivity index (χ0n) is 23.7. The fourth-order valence-electron chi connectivity index (χ4n) is 5.26. The minimum Gasteiger partial charge on any atom is -0.480 e. The molecule has 0 radical (unpaired) electrons. The summed E-state index contributed by atoms with van der Waals surface area (Å²) in [4.78, 5) is 67.6. The highest BCUT2D eigenvalue weighted by Gasteiger charge is 2.39. The molecule has 0 bridgehead atoms. The van der Waals surface area contributed by atoms with Gasteiger partial charge in [-0.2, -0.15) is 0 Å². The van der Waals surface area contributed by atoms with Gasteiger partial charge in [0.05, 0.1) is 12.4 Å². The normalized spacial score (nSPS) is 16.8. The molecule has 1 aliphatic heterocycles. The molecule has 43 heavy (non-hydrogen) atoms. The number of nitrogens with zero attached hydrogens (tertiary/aromatic N) is 3. The summed E-state index contributed by atoms with van der Waals surface area (Å²) in [5.74, 6) is -2.87. The first-order valence-electron chi connectivity index (χ1n) is 14.1. The number of H-pyrrole nitrogens is 2. The monoisotopic (exact) mass is 594 g/mol. The zero-order chi connectivity index (χ0) is 30.9. The predicted molar refractivity (Wildman–Crippen MR) is 158 cm³/mol. The Balaban J connectivity index is 1.50. The number of nitrogens with two attached hydrogens (primary N) is 3. The van der Waals surface area contributed by atoms with Crippen molar-refractivity contribution in [1.29, 1.82) is 0 Å². The summed E-state index contributed by atoms with van der Waals surface area (Å²) < 4.78 is 0. The van der Waals surface area contributed by atoms with Gasteiger partial charge in [0.1, 0.15) is 18.1 Å². The lowest BCUT2D eigenvalue weighted by Gasteiger charge is -2.30. The highest BCUT2D eigenvalue weighted by molar-refractivity contribution is 5.95. The second-order valence-corrected chi connectivity index (χ2v) is 10.6. The molecule has 3 amide bonds. The van der Waals surface area contributed by atoms with Crippen molar-refractivity contribution in [2.45, 2.75) is 62.7 Å². The third kappa shape index (κ3) is 8.09. The predicted octanol–water partition coefficient (Wildman–Crippen LogP) is -0.898. The van der Waals surface area contributed by atoms with Crippen molar-refractivity contribution in [3.8, 4) is 0 Å². The zero-order valence-corrected chi connectivity index (χ0v) is 23.7. The first kappa shape index (κ1) is 31.0. The van der Waals surface area contributed by atoms with Gasteiger partial charge in [-0.3, -0.25) is 19.4 Å². The smallest absolute Gasteiger partial charge is 0.326 e. The molecular weight excluding hydrogens is 556 g/mol. The lowest BCUT2D eigenvalue weighted by Crippen LogP contribution is -2.57. The third-order valence-corrected chi connectivity index (χ3v) is 7.44. The summed E-state index contributed by atoms with van der Waals surface area (Å²) in [6.45, 7) is 0.493. The molecule has 230 valence electrons. The van der Waals surface area contributed by atoms with E-state index in [4.69, 9.17) is 17.2 Å². The minimum absolute atomic E-state index is 0.103. The average molecular weight is 595 g/mol. The van der Waals surface area contributed by atoms with Crippen LogP contribution >= 0.6 is 0 Å². The molecule has 4 rings (SSSR count). The second kappa shape index (κ2) is 14.3. The van der Waals surface area contributed by atoms with E-state index in [0.717, 1.165) is 16.5 Å². The number of aromatic nitrogens is 3. The number of carboxylic acids is 1. The van der Waals surface area contributed by atoms with Crippen LogP contribution in [0.3, 0.4) is 0 Å². The Hall–Kier alpha value is -4.92. The fraction of sp³-hybridized carbons (Fsp3) is 0.429. The molecule has 2 aromatic heterocycles. The van der Waals surface area contributed by atoms with Crippen molar-refractivity contribution in [1.82, 2.24) is 30.5 Å². The molecule has 0 aliphatic carbocycles. The van der Waals surface area contributed by atoms with Crippen LogP contribution in [-0.4, -0.2) is 91.9 Å². The van der Waals surface area contributed by atoms with Gasteiger partial charge in [-0.05, 0) is 37.3 Å². The lowest BCUT2D eigenvalue weighted by atomic mass is 10.0. The van der Waals surface area contributed by atoms with Gasteiger partial charge < -0.3 is 47.8 Å². The number of imidazole rings is 1. The Labute approximate surface area is 247 Å². The number of amides is 3. The van der Waals surface area contributed by atoms with E-state index in [1.54, 1.807) is 12.4 Å². The van der Waals surface area contributed by atoms with Crippen LogP contribution in [0.4, 0.5) is 0 Å². The molecule has 15 heteroatoms. The molecule has 0 saturated carbocycles. The topological polar surface area (TPSA) is 251 Å². The van der Waals surface area contributed by atoms with E-state index in [1.165, 1.54) is 11.2 Å². The van der Waals surface area contributed by atoms with E-state index in [-0.39, 0.29) is 38.3 Å². The van der Waals surface area contributed by atoms with Gasteiger partial charge in [-0.25, -0.2) is 9.78 Å². The molecule has 1 aliphatic rings. The number of para-hydroxylation sites is 1. The summed E-state index contributed by atoms with van der Waals surface area (Å²) in [7, 11) is 0. The molecule has 1 fully saturated rings. The number of benzene rings is 1. The van der Waals surface area contributed by atoms with Crippen molar-refractivity contribution in [3.63, 3.8) is 0 Å². The van der Waals surface area contributed by atoms with Crippen LogP contribution in [0.2, 0.25) is 0 Å². The summed E-state index contributed by atoms with van der Waals surface area (Å²) >= 11 is 0. The number of aromatic amines is 2. The number of nitrogens with one attached hydrogen (secondary N) is 4. The van der Waals surface area contributed by atoms with Crippen LogP contribution in [0.1, 0.15) is 36.9 Å². The number of likely N-dealkylation sites (tertiary alicyclic amines) is 1. The number of rotatable bonds is 14. The molecule has 0 spiro atoms. The van der Waals surface area contributed by atoms with E-state index >= 15 is 0 Å². The lowest BCUT2D eigenvalue weighted by molar-refractivity contribution is -0.145. The highest BCUT2D eigenvalue weighted by atomic mass is 16.4. The number of guanidine groups is 1. The van der Waals surface area contributed by atoms with Crippen LogP contribution in [0.15, 0.2) is 48.0 Å². The number of carbonyl (C=O) groups excluding carboxylic acids is 3. The van der Waals surface area contributed by atoms with Gasteiger partial charge in [0, 0.05) is 54.9 Å². The number of aliphatic carboxylic acids is 1. The van der Waals surface area contributed by atoms with Crippen LogP contribution in [0.5, 0.6) is 0 Å². The van der Waals surface area contributed by atoms with Crippen LogP contribution in [0.25, 0.3) is 10.9 Å². The number of hydrogen-bond donors (Lipinski definition) is 8. The Bertz CT molecular complexity index is 1450. The first-order chi connectivity index (χ1) is 20.6. The molecule has 3 aromatic rings. The van der Waals surface area contributed by atoms with Crippen molar-refractivity contribution < 1.29 is 24.3 Å². The van der Waals surface area contributed by atoms with Gasteiger partial charge in [0.15, 0.2) is 5.96 Å². The highest BCUT2D eigenvalue weighted by Crippen LogP contribution is 2.23. The van der Waals surface area contributed by atoms with Gasteiger partial charge in [0.25, 0.3) is 0 Å². The standard InChI is InChI=1S/C28H38N10O5/c29-19(12-17-14-32-15-35-17)24(39)37-22(11-16-13-34-20-6-2-1-5-18(16)20)26(41)38-10-4-8-23(38)25(40)36-21(27(42)43)7-3-9-33-28(30)31/h1-2,5-6,13-15,19,21-23,34H,3-4,7-12,29H2,(H,32,35)(H,36,40)(H,37,39)(H,42,43)(H4,30,31,33). The van der Waals surface area contributed by atoms with Crippen molar-refractivity contribution in [3.05, 3.63) is 54.2 Å². The number of fused-ring (bicyclic) bond motifs is 1. The Morgan fingerprint density at radius 1 is 1.12 bits per heavy atom. The SMILES string of the molecule is NC(N)=NCCCC(NC(=O)C1CCCN1C(=O)C(Cc1c[nH]c2ccccc12)NC(=O)C(N)Cc1cnc[nH]1)C(=O)O. The Morgan fingerprint density at radius 2 is 1.91 bits per heavy atom. The molecule has 15 nitrogen and oxygen atoms in total. The maximum absolute atomic E-state index is 14.0. The molecule has 1 aromatic carbocycles. The van der Waals surface area contributed by atoms with Gasteiger partial charge in [0.2, 0.25) is 17.7 Å². The van der Waals surface area contributed by atoms with E-state index in [2.05, 4.69) is 30.6 Å². The number of hydrogen-bond acceptors (Lipinski definition) is 7. The van der Waals surface area contributed by atoms with E-state index in [9.17, 15) is 24.3 Å². The summed E-state index contributed by atoms with van der Waals surface area (Å²) in [5, 5.41) is 15.9. The maximum atomic E-state index is 14.0. The molecule has 4 atom stereocenters. The van der Waals surface area contributed by atoms with E-state index in [1.807, 2.05) is 24.3 Å². The van der Waals surface area contributed by atoms with E-state index < -0.39 is 47.9 Å². The molecule has 11 N–H and O–H groups in total.